The Labute approximate surface area is 173 Å². The van der Waals surface area contributed by atoms with E-state index in [0.29, 0.717) is 12.2 Å². The second kappa shape index (κ2) is 8.48. The first-order valence-electron chi connectivity index (χ1n) is 10.1. The molecule has 0 bridgehead atoms. The minimum absolute atomic E-state index is 0.141. The lowest BCUT2D eigenvalue weighted by Gasteiger charge is -2.32. The van der Waals surface area contributed by atoms with Crippen LogP contribution in [0.25, 0.3) is 10.8 Å². The molecule has 1 saturated heterocycles. The highest BCUT2D eigenvalue weighted by molar-refractivity contribution is 5.92. The lowest BCUT2D eigenvalue weighted by atomic mass is 9.96. The van der Waals surface area contributed by atoms with Gasteiger partial charge in [-0.3, -0.25) is 9.69 Å². The Morgan fingerprint density at radius 1 is 1.00 bits per heavy atom. The van der Waals surface area contributed by atoms with E-state index in [1.54, 1.807) is 0 Å². The number of hydrogen-bond acceptors (Lipinski definition) is 2. The lowest BCUT2D eigenvalue weighted by molar-refractivity contribution is -0.137. The van der Waals surface area contributed by atoms with Gasteiger partial charge < -0.3 is 5.32 Å². The van der Waals surface area contributed by atoms with E-state index in [4.69, 9.17) is 0 Å². The zero-order valence-corrected chi connectivity index (χ0v) is 16.5. The molecule has 1 aliphatic heterocycles. The summed E-state index contributed by atoms with van der Waals surface area (Å²) in [5, 5.41) is 5.19. The summed E-state index contributed by atoms with van der Waals surface area (Å²) in [4.78, 5) is 15.0. The van der Waals surface area contributed by atoms with Gasteiger partial charge in [-0.2, -0.15) is 13.2 Å². The number of piperidine rings is 1. The molecule has 1 unspecified atom stereocenters. The molecule has 0 radical (unpaired) electrons. The van der Waals surface area contributed by atoms with Gasteiger partial charge in [0.05, 0.1) is 11.5 Å². The summed E-state index contributed by atoms with van der Waals surface area (Å²) in [5.41, 5.74) is 0.899. The van der Waals surface area contributed by atoms with Gasteiger partial charge >= 0.3 is 6.18 Å². The molecular weight excluding hydrogens is 389 g/mol. The average molecular weight is 412 g/mol. The van der Waals surface area contributed by atoms with Crippen LogP contribution in [0.1, 0.15) is 24.0 Å². The van der Waals surface area contributed by atoms with E-state index >= 15 is 0 Å². The third kappa shape index (κ3) is 4.65. The van der Waals surface area contributed by atoms with E-state index in [9.17, 15) is 18.0 Å². The summed E-state index contributed by atoms with van der Waals surface area (Å²) in [6.45, 7) is 2.33. The fraction of sp³-hybridized carbons (Fsp3) is 0.292. The molecule has 1 N–H and O–H groups in total. The van der Waals surface area contributed by atoms with Crippen molar-refractivity contribution in [1.29, 1.82) is 0 Å². The van der Waals surface area contributed by atoms with Crippen molar-refractivity contribution in [2.45, 2.75) is 25.6 Å². The summed E-state index contributed by atoms with van der Waals surface area (Å²) in [5.74, 6) is -0.326. The van der Waals surface area contributed by atoms with Gasteiger partial charge in [0.15, 0.2) is 0 Å². The minimum Gasteiger partial charge on any atom is -0.326 e. The first-order chi connectivity index (χ1) is 14.4. The van der Waals surface area contributed by atoms with Gasteiger partial charge in [-0.05, 0) is 60.0 Å². The fourth-order valence-corrected chi connectivity index (χ4v) is 4.07. The molecule has 6 heteroatoms. The van der Waals surface area contributed by atoms with Crippen molar-refractivity contribution < 1.29 is 18.0 Å². The van der Waals surface area contributed by atoms with Crippen LogP contribution < -0.4 is 5.32 Å². The van der Waals surface area contributed by atoms with Gasteiger partial charge in [0.1, 0.15) is 0 Å². The Kier molecular flexibility index (Phi) is 5.77. The second-order valence-electron chi connectivity index (χ2n) is 7.78. The molecule has 0 spiro atoms. The normalized spacial score (nSPS) is 17.8. The van der Waals surface area contributed by atoms with Gasteiger partial charge in [0, 0.05) is 18.8 Å². The fourth-order valence-electron chi connectivity index (χ4n) is 4.07. The maximum absolute atomic E-state index is 12.7. The van der Waals surface area contributed by atoms with Crippen molar-refractivity contribution in [3.05, 3.63) is 77.9 Å². The Morgan fingerprint density at radius 3 is 2.50 bits per heavy atom. The van der Waals surface area contributed by atoms with E-state index in [0.717, 1.165) is 38.1 Å². The van der Waals surface area contributed by atoms with Crippen LogP contribution in [0.2, 0.25) is 0 Å². The van der Waals surface area contributed by atoms with E-state index < -0.39 is 11.7 Å². The number of benzene rings is 3. The molecule has 4 rings (SSSR count). The molecule has 3 nitrogen and oxygen atoms in total. The van der Waals surface area contributed by atoms with Gasteiger partial charge in [0.25, 0.3) is 0 Å². The minimum atomic E-state index is -4.38. The van der Waals surface area contributed by atoms with Crippen LogP contribution in [0, 0.1) is 5.92 Å². The molecule has 0 saturated carbocycles. The van der Waals surface area contributed by atoms with Crippen LogP contribution >= 0.6 is 0 Å². The Morgan fingerprint density at radius 2 is 1.73 bits per heavy atom. The summed E-state index contributed by atoms with van der Waals surface area (Å²) in [6.07, 6.45) is -2.69. The molecule has 156 valence electrons. The molecular formula is C24H23F3N2O. The van der Waals surface area contributed by atoms with Crippen LogP contribution in [-0.2, 0) is 17.5 Å². The number of likely N-dealkylation sites (tertiary alicyclic amines) is 1. The number of nitrogens with one attached hydrogen (secondary N) is 1. The molecule has 3 aromatic carbocycles. The van der Waals surface area contributed by atoms with Crippen LogP contribution in [0.4, 0.5) is 18.9 Å². The predicted molar refractivity (Wildman–Crippen MR) is 112 cm³/mol. The molecule has 1 aliphatic rings. The summed E-state index contributed by atoms with van der Waals surface area (Å²) >= 11 is 0. The molecule has 3 aromatic rings. The zero-order valence-electron chi connectivity index (χ0n) is 16.5. The smallest absolute Gasteiger partial charge is 0.326 e. The lowest BCUT2D eigenvalue weighted by Crippen LogP contribution is -2.40. The first-order valence-corrected chi connectivity index (χ1v) is 10.1. The summed E-state index contributed by atoms with van der Waals surface area (Å²) in [7, 11) is 0. The predicted octanol–water partition coefficient (Wildman–Crippen LogP) is 5.71. The van der Waals surface area contributed by atoms with Gasteiger partial charge in [-0.1, -0.05) is 42.5 Å². The molecule has 1 amide bonds. The van der Waals surface area contributed by atoms with E-state index in [1.165, 1.54) is 28.5 Å². The number of nitrogens with zero attached hydrogens (tertiary/aromatic N) is 1. The van der Waals surface area contributed by atoms with Crippen molar-refractivity contribution >= 4 is 22.4 Å². The number of hydrogen-bond donors (Lipinski definition) is 1. The molecule has 30 heavy (non-hydrogen) atoms. The molecule has 1 heterocycles. The zero-order chi connectivity index (χ0) is 21.1. The van der Waals surface area contributed by atoms with Crippen molar-refractivity contribution in [2.24, 2.45) is 5.92 Å². The van der Waals surface area contributed by atoms with Crippen LogP contribution in [0.3, 0.4) is 0 Å². The van der Waals surface area contributed by atoms with Crippen molar-refractivity contribution in [2.75, 3.05) is 18.4 Å². The third-order valence-corrected chi connectivity index (χ3v) is 5.63. The topological polar surface area (TPSA) is 32.3 Å². The summed E-state index contributed by atoms with van der Waals surface area (Å²) in [6, 6.07) is 19.1. The highest BCUT2D eigenvalue weighted by Gasteiger charge is 2.30. The number of fused-ring (bicyclic) bond motifs is 1. The van der Waals surface area contributed by atoms with Crippen LogP contribution in [0.5, 0.6) is 0 Å². The Bertz CT molecular complexity index is 1030. The number of alkyl halides is 3. The maximum Gasteiger partial charge on any atom is 0.416 e. The van der Waals surface area contributed by atoms with Crippen molar-refractivity contribution in [3.63, 3.8) is 0 Å². The third-order valence-electron chi connectivity index (χ3n) is 5.63. The SMILES string of the molecule is O=C(Nc1ccc(C(F)(F)F)cc1)C1CCCN(Cc2cccc3ccccc23)C1. The van der Waals surface area contributed by atoms with Crippen molar-refractivity contribution in [1.82, 2.24) is 4.90 Å². The number of carbonyl (C=O) groups excluding carboxylic acids is 1. The van der Waals surface area contributed by atoms with Gasteiger partial charge in [0.2, 0.25) is 5.91 Å². The maximum atomic E-state index is 12.7. The van der Waals surface area contributed by atoms with Gasteiger partial charge in [-0.15, -0.1) is 0 Å². The van der Waals surface area contributed by atoms with Crippen LogP contribution in [0.15, 0.2) is 66.7 Å². The first kappa shape index (κ1) is 20.4. The average Bonchev–Trinajstić information content (AvgIpc) is 2.74. The van der Waals surface area contributed by atoms with E-state index in [-0.39, 0.29) is 11.8 Å². The number of rotatable bonds is 4. The number of amides is 1. The molecule has 0 aromatic heterocycles. The highest BCUT2D eigenvalue weighted by Crippen LogP contribution is 2.30. The Hall–Kier alpha value is -2.86. The monoisotopic (exact) mass is 412 g/mol. The molecule has 0 aliphatic carbocycles. The van der Waals surface area contributed by atoms with Gasteiger partial charge in [-0.25, -0.2) is 0 Å². The number of anilines is 1. The largest absolute Gasteiger partial charge is 0.416 e. The standard InChI is InChI=1S/C24H23F3N2O/c25-24(26,27)20-10-12-21(13-11-20)28-23(30)19-8-4-14-29(16-19)15-18-7-3-6-17-5-1-2-9-22(17)18/h1-3,5-7,9-13,19H,4,8,14-16H2,(H,28,30). The quantitative estimate of drug-likeness (QED) is 0.595. The van der Waals surface area contributed by atoms with Crippen molar-refractivity contribution in [3.8, 4) is 0 Å². The van der Waals surface area contributed by atoms with E-state index in [1.807, 2.05) is 12.1 Å². The summed E-state index contributed by atoms with van der Waals surface area (Å²) < 4.78 is 38.1. The Balaban J connectivity index is 1.40. The highest BCUT2D eigenvalue weighted by atomic mass is 19.4. The second-order valence-corrected chi connectivity index (χ2v) is 7.78. The molecule has 1 fully saturated rings. The van der Waals surface area contributed by atoms with Crippen LogP contribution in [-0.4, -0.2) is 23.9 Å². The molecule has 1 atom stereocenters. The van der Waals surface area contributed by atoms with E-state index in [2.05, 4.69) is 40.5 Å². The number of halogens is 3. The number of carbonyl (C=O) groups is 1.